The Hall–Kier alpha value is -2.47. The topological polar surface area (TPSA) is 70.7 Å². The number of aromatic nitrogens is 3. The Bertz CT molecular complexity index is 846. The van der Waals surface area contributed by atoms with Gasteiger partial charge in [-0.2, -0.15) is 5.10 Å². The van der Waals surface area contributed by atoms with Gasteiger partial charge in [0.2, 0.25) is 5.91 Å². The third-order valence-corrected chi connectivity index (χ3v) is 4.79. The number of benzene rings is 1. The van der Waals surface area contributed by atoms with Gasteiger partial charge in [-0.15, -0.1) is 11.3 Å². The first-order chi connectivity index (χ1) is 11.5. The second-order valence-corrected chi connectivity index (χ2v) is 7.05. The number of hydrogen-bond donors (Lipinski definition) is 2. The minimum absolute atomic E-state index is 0.0703. The van der Waals surface area contributed by atoms with E-state index in [-0.39, 0.29) is 5.91 Å². The van der Waals surface area contributed by atoms with Gasteiger partial charge in [-0.1, -0.05) is 29.8 Å². The molecule has 6 heteroatoms. The summed E-state index contributed by atoms with van der Waals surface area (Å²) in [4.78, 5) is 17.7. The Kier molecular flexibility index (Phi) is 4.76. The van der Waals surface area contributed by atoms with E-state index in [0.29, 0.717) is 11.6 Å². The van der Waals surface area contributed by atoms with Crippen LogP contribution < -0.4 is 5.32 Å². The number of aromatic amines is 1. The zero-order valence-corrected chi connectivity index (χ0v) is 14.8. The number of aryl methyl sites for hydroxylation is 3. The van der Waals surface area contributed by atoms with E-state index in [1.165, 1.54) is 22.5 Å². The fourth-order valence-corrected chi connectivity index (χ4v) is 3.49. The Morgan fingerprint density at radius 2 is 2.12 bits per heavy atom. The van der Waals surface area contributed by atoms with Crippen molar-refractivity contribution in [3.05, 3.63) is 63.4 Å². The van der Waals surface area contributed by atoms with Gasteiger partial charge in [0.25, 0.3) is 0 Å². The number of carbonyl (C=O) groups excluding carboxylic acids is 1. The van der Waals surface area contributed by atoms with Crippen molar-refractivity contribution in [2.24, 2.45) is 0 Å². The molecule has 3 aromatic rings. The molecule has 1 aromatic carbocycles. The monoisotopic (exact) mass is 340 g/mol. The van der Waals surface area contributed by atoms with E-state index < -0.39 is 0 Å². The van der Waals surface area contributed by atoms with Crippen molar-refractivity contribution in [2.45, 2.75) is 33.6 Å². The van der Waals surface area contributed by atoms with Crippen LogP contribution in [-0.4, -0.2) is 21.1 Å². The van der Waals surface area contributed by atoms with Crippen molar-refractivity contribution in [3.63, 3.8) is 0 Å². The maximum Gasteiger partial charge on any atom is 0.230 e. The number of nitrogens with one attached hydrogen (secondary N) is 2. The zero-order chi connectivity index (χ0) is 17.1. The van der Waals surface area contributed by atoms with E-state index in [4.69, 9.17) is 0 Å². The highest BCUT2D eigenvalue weighted by atomic mass is 32.1. The van der Waals surface area contributed by atoms with Crippen molar-refractivity contribution in [1.82, 2.24) is 15.2 Å². The van der Waals surface area contributed by atoms with E-state index in [1.807, 2.05) is 20.0 Å². The molecule has 24 heavy (non-hydrogen) atoms. The summed E-state index contributed by atoms with van der Waals surface area (Å²) < 4.78 is 0. The number of anilines is 1. The lowest BCUT2D eigenvalue weighted by atomic mass is 10.1. The number of hydrogen-bond acceptors (Lipinski definition) is 4. The largest absolute Gasteiger partial charge is 0.302 e. The molecular weight excluding hydrogens is 320 g/mol. The molecule has 3 rings (SSSR count). The predicted molar refractivity (Wildman–Crippen MR) is 96.5 cm³/mol. The SMILES string of the molecule is Cc1cccc(Cc2cnc(NC(=O)Cc3c(C)n[nH]c3C)s2)c1. The first kappa shape index (κ1) is 16.4. The Morgan fingerprint density at radius 3 is 2.83 bits per heavy atom. The maximum atomic E-state index is 12.2. The predicted octanol–water partition coefficient (Wildman–Crippen LogP) is 3.56. The van der Waals surface area contributed by atoms with E-state index in [9.17, 15) is 4.79 Å². The van der Waals surface area contributed by atoms with Crippen molar-refractivity contribution >= 4 is 22.4 Å². The zero-order valence-electron chi connectivity index (χ0n) is 14.0. The lowest BCUT2D eigenvalue weighted by Gasteiger charge is -2.02. The Labute approximate surface area is 145 Å². The standard InChI is InChI=1S/C18H20N4OS/c1-11-5-4-6-14(7-11)8-15-10-19-18(24-15)20-17(23)9-16-12(2)21-22-13(16)3/h4-7,10H,8-9H2,1-3H3,(H,21,22)(H,19,20,23). The third kappa shape index (κ3) is 3.89. The van der Waals surface area contributed by atoms with Crippen LogP contribution >= 0.6 is 11.3 Å². The van der Waals surface area contributed by atoms with Gasteiger partial charge >= 0.3 is 0 Å². The smallest absolute Gasteiger partial charge is 0.230 e. The quantitative estimate of drug-likeness (QED) is 0.746. The normalized spacial score (nSPS) is 10.8. The number of carbonyl (C=O) groups is 1. The molecule has 124 valence electrons. The van der Waals surface area contributed by atoms with Gasteiger partial charge < -0.3 is 5.32 Å². The van der Waals surface area contributed by atoms with Crippen LogP contribution in [0.25, 0.3) is 0 Å². The first-order valence-electron chi connectivity index (χ1n) is 7.82. The molecule has 2 N–H and O–H groups in total. The second kappa shape index (κ2) is 6.97. The molecule has 0 radical (unpaired) electrons. The molecule has 0 unspecified atom stereocenters. The lowest BCUT2D eigenvalue weighted by Crippen LogP contribution is -2.15. The van der Waals surface area contributed by atoms with Gasteiger partial charge in [0, 0.05) is 28.8 Å². The van der Waals surface area contributed by atoms with Gasteiger partial charge in [0.1, 0.15) is 0 Å². The molecular formula is C18H20N4OS. The minimum Gasteiger partial charge on any atom is -0.302 e. The lowest BCUT2D eigenvalue weighted by molar-refractivity contribution is -0.115. The van der Waals surface area contributed by atoms with Crippen molar-refractivity contribution in [3.8, 4) is 0 Å². The fraction of sp³-hybridized carbons (Fsp3) is 0.278. The van der Waals surface area contributed by atoms with Crippen molar-refractivity contribution in [2.75, 3.05) is 5.32 Å². The second-order valence-electron chi connectivity index (χ2n) is 5.94. The van der Waals surface area contributed by atoms with Crippen LogP contribution in [0, 0.1) is 20.8 Å². The van der Waals surface area contributed by atoms with Gasteiger partial charge in [0.05, 0.1) is 12.1 Å². The average Bonchev–Trinajstić information content (AvgIpc) is 3.08. The summed E-state index contributed by atoms with van der Waals surface area (Å²) in [7, 11) is 0. The summed E-state index contributed by atoms with van der Waals surface area (Å²) in [6, 6.07) is 8.42. The number of nitrogens with zero attached hydrogens (tertiary/aromatic N) is 2. The molecule has 0 aliphatic heterocycles. The summed E-state index contributed by atoms with van der Waals surface area (Å²) in [6.07, 6.45) is 2.97. The molecule has 0 bridgehead atoms. The fourth-order valence-electron chi connectivity index (χ4n) is 2.63. The Morgan fingerprint density at radius 1 is 1.29 bits per heavy atom. The van der Waals surface area contributed by atoms with Crippen LogP contribution in [-0.2, 0) is 17.6 Å². The minimum atomic E-state index is -0.0703. The van der Waals surface area contributed by atoms with Crippen LogP contribution in [0.5, 0.6) is 0 Å². The summed E-state index contributed by atoms with van der Waals surface area (Å²) in [6.45, 7) is 5.91. The van der Waals surface area contributed by atoms with Gasteiger partial charge in [0.15, 0.2) is 5.13 Å². The summed E-state index contributed by atoms with van der Waals surface area (Å²) >= 11 is 1.52. The van der Waals surface area contributed by atoms with Crippen LogP contribution in [0.15, 0.2) is 30.5 Å². The van der Waals surface area contributed by atoms with Crippen LogP contribution in [0.1, 0.15) is 33.0 Å². The molecule has 0 fully saturated rings. The average molecular weight is 340 g/mol. The molecule has 0 saturated heterocycles. The van der Waals surface area contributed by atoms with Gasteiger partial charge in [-0.3, -0.25) is 9.89 Å². The number of amides is 1. The molecule has 0 atom stereocenters. The highest BCUT2D eigenvalue weighted by Crippen LogP contribution is 2.22. The van der Waals surface area contributed by atoms with E-state index >= 15 is 0 Å². The highest BCUT2D eigenvalue weighted by Gasteiger charge is 2.13. The van der Waals surface area contributed by atoms with E-state index in [2.05, 4.69) is 51.7 Å². The van der Waals surface area contributed by atoms with Crippen LogP contribution in [0.4, 0.5) is 5.13 Å². The van der Waals surface area contributed by atoms with Crippen LogP contribution in [0.2, 0.25) is 0 Å². The molecule has 2 aromatic heterocycles. The van der Waals surface area contributed by atoms with E-state index in [0.717, 1.165) is 28.2 Å². The molecule has 5 nitrogen and oxygen atoms in total. The summed E-state index contributed by atoms with van der Waals surface area (Å²) in [5.41, 5.74) is 5.24. The molecule has 0 spiro atoms. The Balaban J connectivity index is 1.62. The summed E-state index contributed by atoms with van der Waals surface area (Å²) in [5, 5.41) is 10.5. The number of thiazole rings is 1. The van der Waals surface area contributed by atoms with Gasteiger partial charge in [-0.05, 0) is 26.3 Å². The highest BCUT2D eigenvalue weighted by molar-refractivity contribution is 7.15. The van der Waals surface area contributed by atoms with E-state index in [1.54, 1.807) is 0 Å². The molecule has 2 heterocycles. The molecule has 0 saturated carbocycles. The molecule has 0 aliphatic rings. The van der Waals surface area contributed by atoms with Gasteiger partial charge in [-0.25, -0.2) is 4.98 Å². The number of rotatable bonds is 5. The third-order valence-electron chi connectivity index (χ3n) is 3.88. The first-order valence-corrected chi connectivity index (χ1v) is 8.63. The van der Waals surface area contributed by atoms with Crippen molar-refractivity contribution in [1.29, 1.82) is 0 Å². The van der Waals surface area contributed by atoms with Crippen LogP contribution in [0.3, 0.4) is 0 Å². The maximum absolute atomic E-state index is 12.2. The van der Waals surface area contributed by atoms with Crippen molar-refractivity contribution < 1.29 is 4.79 Å². The summed E-state index contributed by atoms with van der Waals surface area (Å²) in [5.74, 6) is -0.0703. The number of H-pyrrole nitrogens is 1. The molecule has 1 amide bonds. The molecule has 0 aliphatic carbocycles.